The number of hydrogen-bond donors (Lipinski definition) is 16. The Balaban J connectivity index is 0.817. The van der Waals surface area contributed by atoms with Gasteiger partial charge in [-0.1, -0.05) is 12.1 Å². The zero-order valence-corrected chi connectivity index (χ0v) is 48.6. The molecule has 5 aliphatic rings. The van der Waals surface area contributed by atoms with Crippen LogP contribution in [0, 0.1) is 0 Å². The van der Waals surface area contributed by atoms with Gasteiger partial charge < -0.3 is 92.1 Å². The van der Waals surface area contributed by atoms with Crippen LogP contribution in [-0.2, 0) is 29.6 Å². The number of anilines is 6. The van der Waals surface area contributed by atoms with Crippen molar-refractivity contribution < 1.29 is 66.7 Å². The van der Waals surface area contributed by atoms with Crippen LogP contribution < -0.4 is 62.6 Å². The Morgan fingerprint density at radius 3 is 1.31 bits per heavy atom. The fourth-order valence-corrected chi connectivity index (χ4v) is 13.4. The van der Waals surface area contributed by atoms with Gasteiger partial charge in [0.1, 0.15) is 37.6 Å². The van der Waals surface area contributed by atoms with Crippen molar-refractivity contribution >= 4 is 101 Å². The van der Waals surface area contributed by atoms with Crippen molar-refractivity contribution in [2.24, 2.45) is 10.3 Å². The minimum atomic E-state index is -4.03. The minimum Gasteiger partial charge on any atom is -0.388 e. The molecule has 11 rings (SSSR count). The molecule has 3 saturated carbocycles. The van der Waals surface area contributed by atoms with E-state index in [9.17, 15) is 66.7 Å². The SMILES string of the molecule is NS(=O)(=O)c1cccc(NC(=O)N[C@@H]2CCN(c3nc(NC4CCC(Nc5nc(N6CC[C@@H](NC(=O)Nc7cccc(S(N)(=O)=O)c7)C6)nc6c5ncn6[C@@H]5C[C@H](NC(=O)CO)[C@@H](O)[C@H]5O)CC4)c4ncn([C@@H]5C[C@H](NC(=O)CO)[C@@H](O)[C@H]5O)c4n3)C2)c1. The van der Waals surface area contributed by atoms with Gasteiger partial charge in [-0.25, -0.2) is 46.7 Å². The molecule has 2 aromatic carbocycles. The maximum atomic E-state index is 13.2. The van der Waals surface area contributed by atoms with Crippen LogP contribution >= 0.6 is 0 Å². The van der Waals surface area contributed by atoms with Crippen LogP contribution in [0.25, 0.3) is 22.3 Å². The number of primary sulfonamides is 2. The lowest BCUT2D eigenvalue weighted by atomic mass is 9.91. The number of imidazole rings is 2. The molecule has 10 atom stereocenters. The lowest BCUT2D eigenvalue weighted by molar-refractivity contribution is -0.126. The molecule has 0 spiro atoms. The van der Waals surface area contributed by atoms with Crippen LogP contribution in [0.2, 0.25) is 0 Å². The van der Waals surface area contributed by atoms with Crippen LogP contribution in [0.4, 0.5) is 44.5 Å². The van der Waals surface area contributed by atoms with Crippen molar-refractivity contribution in [3.63, 3.8) is 0 Å². The number of nitrogens with two attached hydrogens (primary N) is 2. The third-order valence-electron chi connectivity index (χ3n) is 16.7. The van der Waals surface area contributed by atoms with E-state index in [-0.39, 0.29) is 71.1 Å². The monoisotopic (exact) mass is 1260 g/mol. The zero-order chi connectivity index (χ0) is 62.3. The van der Waals surface area contributed by atoms with E-state index < -0.39 is 118 Å². The molecular formula is C52H68N20O14S2. The normalized spacial score (nSPS) is 26.5. The molecule has 88 heavy (non-hydrogen) atoms. The molecule has 5 fully saturated rings. The second-order valence-electron chi connectivity index (χ2n) is 22.7. The number of carbonyl (C=O) groups excluding carboxylic acids is 4. The molecule has 6 aromatic rings. The van der Waals surface area contributed by atoms with E-state index >= 15 is 0 Å². The quantitative estimate of drug-likeness (QED) is 0.0413. The first-order valence-electron chi connectivity index (χ1n) is 28.5. The first-order valence-corrected chi connectivity index (χ1v) is 31.5. The molecular weight excluding hydrogens is 1190 g/mol. The molecule has 0 radical (unpaired) electrons. The number of fused-ring (bicyclic) bond motifs is 2. The molecule has 6 heterocycles. The van der Waals surface area contributed by atoms with Crippen LogP contribution in [0.1, 0.15) is 63.5 Å². The summed E-state index contributed by atoms with van der Waals surface area (Å²) in [5, 5.41) is 97.6. The first kappa shape index (κ1) is 61.4. The number of urea groups is 2. The summed E-state index contributed by atoms with van der Waals surface area (Å²) in [5.41, 5.74) is 1.74. The topological polar surface area (TPSA) is 500 Å². The molecule has 6 amide bonds. The van der Waals surface area contributed by atoms with Gasteiger partial charge in [-0.3, -0.25) is 9.59 Å². The second-order valence-corrected chi connectivity index (χ2v) is 25.8. The highest BCUT2D eigenvalue weighted by Crippen LogP contribution is 2.38. The molecule has 18 N–H and O–H groups in total. The van der Waals surface area contributed by atoms with E-state index in [0.29, 0.717) is 85.6 Å². The number of sulfonamides is 2. The number of aromatic nitrogens is 8. The van der Waals surface area contributed by atoms with E-state index in [2.05, 4.69) is 42.5 Å². The highest BCUT2D eigenvalue weighted by Gasteiger charge is 2.46. The standard InChI is InChI=1S/C52H68N20O14S2/c53-87(83,84)31-5-1-3-27(15-31)59-51(81)61-29-11-13-69(19-29)49-65-45(39-47(67-49)71(23-55-39)35-17-33(41(77)43(35)79)63-37(75)21-73)57-25-7-9-26(10-8-25)58-46-40-48(72(24-56-40)36-18-34(42(78)44(36)80)64-38(76)22-74)68-50(66-46)70-14-12-30(20-70)62-52(82)60-28-4-2-6-32(16-28)88(54,85)86/h1-6,15-16,23-26,29-30,33-36,41-44,73-74,77-80H,7-14,17-22H2,(H,63,75)(H,64,76)(H2,53,83,84)(H2,54,85,86)(H,57,65,67)(H,58,66,68)(H2,59,61,81)(H2,60,62,82)/t25?,26?,29-,30-,33+,34+,35-,36-,41-,42-,43+,44+/m1/s1. The van der Waals surface area contributed by atoms with E-state index in [0.717, 1.165) is 0 Å². The first-order chi connectivity index (χ1) is 42.0. The van der Waals surface area contributed by atoms with Crippen molar-refractivity contribution in [2.45, 2.75) is 134 Å². The van der Waals surface area contributed by atoms with Gasteiger partial charge in [0.05, 0.1) is 46.6 Å². The summed E-state index contributed by atoms with van der Waals surface area (Å²) in [6.07, 6.45) is 0.934. The molecule has 36 heteroatoms. The van der Waals surface area contributed by atoms with Crippen LogP contribution in [0.5, 0.6) is 0 Å². The highest BCUT2D eigenvalue weighted by atomic mass is 32.2. The van der Waals surface area contributed by atoms with Gasteiger partial charge in [-0.15, -0.1) is 0 Å². The fraction of sp³-hybridized carbons (Fsp3) is 0.500. The van der Waals surface area contributed by atoms with Gasteiger partial charge >= 0.3 is 12.1 Å². The summed E-state index contributed by atoms with van der Waals surface area (Å²) >= 11 is 0. The molecule has 2 aliphatic heterocycles. The van der Waals surface area contributed by atoms with Crippen LogP contribution in [-0.4, -0.2) is 210 Å². The summed E-state index contributed by atoms with van der Waals surface area (Å²) < 4.78 is 51.0. The van der Waals surface area contributed by atoms with Gasteiger partial charge in [-0.05, 0) is 87.8 Å². The van der Waals surface area contributed by atoms with Crippen molar-refractivity contribution in [1.29, 1.82) is 0 Å². The molecule has 0 unspecified atom stereocenters. The number of aliphatic hydroxyl groups is 6. The summed E-state index contributed by atoms with van der Waals surface area (Å²) in [4.78, 5) is 83.4. The van der Waals surface area contributed by atoms with Gasteiger partial charge in [0, 0.05) is 61.7 Å². The maximum absolute atomic E-state index is 13.2. The van der Waals surface area contributed by atoms with Crippen molar-refractivity contribution in [3.8, 4) is 0 Å². The molecule has 0 bridgehead atoms. The van der Waals surface area contributed by atoms with Gasteiger partial charge in [0.25, 0.3) is 0 Å². The summed E-state index contributed by atoms with van der Waals surface area (Å²) in [6, 6.07) is 5.30. The van der Waals surface area contributed by atoms with Crippen LogP contribution in [0.3, 0.4) is 0 Å². The smallest absolute Gasteiger partial charge is 0.319 e. The number of nitrogens with zero attached hydrogens (tertiary/aromatic N) is 10. The van der Waals surface area contributed by atoms with Crippen molar-refractivity contribution in [2.75, 3.05) is 70.5 Å². The minimum absolute atomic E-state index is 0.0697. The van der Waals surface area contributed by atoms with Gasteiger partial charge in [0.15, 0.2) is 34.0 Å². The number of benzene rings is 2. The average Bonchev–Trinajstić information content (AvgIpc) is 4.50. The number of hydrogen-bond acceptors (Lipinski definition) is 24. The highest BCUT2D eigenvalue weighted by molar-refractivity contribution is 7.89. The lowest BCUT2D eigenvalue weighted by Gasteiger charge is -2.31. The fourth-order valence-electron chi connectivity index (χ4n) is 12.2. The zero-order valence-electron chi connectivity index (χ0n) is 47.0. The van der Waals surface area contributed by atoms with E-state index in [1.807, 2.05) is 9.80 Å². The second kappa shape index (κ2) is 25.1. The number of aliphatic hydroxyl groups excluding tert-OH is 6. The Morgan fingerprint density at radius 2 is 0.932 bits per heavy atom. The molecule has 34 nitrogen and oxygen atoms in total. The summed E-state index contributed by atoms with van der Waals surface area (Å²) in [6.45, 7) is -0.300. The van der Waals surface area contributed by atoms with E-state index in [4.69, 9.17) is 40.2 Å². The Kier molecular flexibility index (Phi) is 17.5. The molecule has 4 aromatic heterocycles. The Labute approximate surface area is 502 Å². The lowest BCUT2D eigenvalue weighted by Crippen LogP contribution is -2.44. The number of carbonyl (C=O) groups is 4. The summed E-state index contributed by atoms with van der Waals surface area (Å²) in [5.74, 6) is -0.180. The Bertz CT molecular complexity index is 3610. The average molecular weight is 1260 g/mol. The Morgan fingerprint density at radius 1 is 0.534 bits per heavy atom. The van der Waals surface area contributed by atoms with Crippen molar-refractivity contribution in [1.82, 2.24) is 60.3 Å². The van der Waals surface area contributed by atoms with Crippen molar-refractivity contribution in [3.05, 3.63) is 61.2 Å². The molecule has 472 valence electrons. The largest absolute Gasteiger partial charge is 0.388 e. The predicted octanol–water partition coefficient (Wildman–Crippen LogP) is -2.82. The molecule has 3 aliphatic carbocycles. The third kappa shape index (κ3) is 13.3. The number of nitrogens with one attached hydrogen (secondary N) is 8. The van der Waals surface area contributed by atoms with E-state index in [1.165, 1.54) is 61.2 Å². The maximum Gasteiger partial charge on any atom is 0.319 e. The summed E-state index contributed by atoms with van der Waals surface area (Å²) in [7, 11) is -8.05. The number of rotatable bonds is 18. The third-order valence-corrected chi connectivity index (χ3v) is 18.5. The van der Waals surface area contributed by atoms with E-state index in [1.54, 1.807) is 9.13 Å². The molecule has 2 saturated heterocycles. The Hall–Kier alpha value is -8.20. The predicted molar refractivity (Wildman–Crippen MR) is 314 cm³/mol. The number of amides is 6. The van der Waals surface area contributed by atoms with Crippen LogP contribution in [0.15, 0.2) is 71.0 Å². The van der Waals surface area contributed by atoms with Gasteiger partial charge in [-0.2, -0.15) is 19.9 Å². The van der Waals surface area contributed by atoms with Gasteiger partial charge in [0.2, 0.25) is 43.8 Å².